The molecule has 0 fully saturated rings. The van der Waals surface area contributed by atoms with Crippen molar-refractivity contribution >= 4 is 47.8 Å². The van der Waals surface area contributed by atoms with Gasteiger partial charge in [-0.2, -0.15) is 0 Å². The van der Waals surface area contributed by atoms with Crippen LogP contribution in [0.1, 0.15) is 6.92 Å². The fourth-order valence-electron chi connectivity index (χ4n) is 0.782. The Morgan fingerprint density at radius 3 is 2.08 bits per heavy atom. The molecule has 0 bridgehead atoms. The van der Waals surface area contributed by atoms with Crippen LogP contribution in [0.5, 0.6) is 5.75 Å². The first-order valence-electron chi connectivity index (χ1n) is 3.42. The van der Waals surface area contributed by atoms with Gasteiger partial charge in [-0.15, -0.1) is 0 Å². The van der Waals surface area contributed by atoms with Gasteiger partial charge in [0.05, 0.1) is 6.61 Å². The van der Waals surface area contributed by atoms with Crippen molar-refractivity contribution in [2.24, 2.45) is 0 Å². The van der Waals surface area contributed by atoms with Gasteiger partial charge in [0.15, 0.2) is 0 Å². The largest absolute Gasteiger partial charge is 0.494 e. The summed E-state index contributed by atoms with van der Waals surface area (Å²) in [5, 5.41) is 0. The first kappa shape index (κ1) is 10.5. The van der Waals surface area contributed by atoms with E-state index in [-0.39, 0.29) is 0 Å². The molecule has 0 spiro atoms. The van der Waals surface area contributed by atoms with E-state index in [0.717, 1.165) is 19.2 Å². The van der Waals surface area contributed by atoms with Crippen LogP contribution in [0.4, 0.5) is 0 Å². The van der Waals surface area contributed by atoms with E-state index >= 15 is 0 Å². The summed E-state index contributed by atoms with van der Waals surface area (Å²) in [7, 11) is 0. The molecule has 0 aliphatic carbocycles. The highest BCUT2D eigenvalue weighted by atomic mass is 79.9. The molecule has 0 amide bonds. The van der Waals surface area contributed by atoms with Crippen molar-refractivity contribution in [2.75, 3.05) is 6.61 Å². The smallest absolute Gasteiger partial charge is 0.121 e. The molecule has 0 N–H and O–H groups in total. The molecule has 0 saturated carbocycles. The van der Waals surface area contributed by atoms with E-state index in [0.29, 0.717) is 6.61 Å². The lowest BCUT2D eigenvalue weighted by Gasteiger charge is -2.06. The van der Waals surface area contributed by atoms with Crippen molar-refractivity contribution < 1.29 is 4.74 Å². The molecule has 0 saturated heterocycles. The van der Waals surface area contributed by atoms with Gasteiger partial charge < -0.3 is 4.74 Å². The minimum atomic E-state index is 0.681. The molecular weight excluding hydrogens is 352 g/mol. The van der Waals surface area contributed by atoms with Crippen LogP contribution in [0.25, 0.3) is 0 Å². The topological polar surface area (TPSA) is 9.23 Å². The minimum Gasteiger partial charge on any atom is -0.494 e. The summed E-state index contributed by atoms with van der Waals surface area (Å²) >= 11 is 10.2. The fraction of sp³-hybridized carbons (Fsp3) is 0.250. The van der Waals surface area contributed by atoms with Crippen molar-refractivity contribution in [3.8, 4) is 5.75 Å². The van der Waals surface area contributed by atoms with Gasteiger partial charge in [0, 0.05) is 13.4 Å². The van der Waals surface area contributed by atoms with E-state index in [1.54, 1.807) is 0 Å². The van der Waals surface area contributed by atoms with Gasteiger partial charge in [0.2, 0.25) is 0 Å². The maximum Gasteiger partial charge on any atom is 0.121 e. The molecule has 1 rings (SSSR count). The Hall–Kier alpha value is 0.460. The first-order chi connectivity index (χ1) is 5.65. The van der Waals surface area contributed by atoms with Crippen molar-refractivity contribution in [1.29, 1.82) is 0 Å². The number of benzene rings is 1. The van der Waals surface area contributed by atoms with E-state index < -0.39 is 0 Å². The normalized spacial score (nSPS) is 10.0. The van der Waals surface area contributed by atoms with Gasteiger partial charge >= 0.3 is 0 Å². The van der Waals surface area contributed by atoms with Crippen LogP contribution in [0, 0.1) is 0 Å². The molecule has 4 heteroatoms. The fourth-order valence-corrected chi connectivity index (χ4v) is 2.16. The van der Waals surface area contributed by atoms with Crippen LogP contribution in [0.15, 0.2) is 25.6 Å². The summed E-state index contributed by atoms with van der Waals surface area (Å²) in [6.07, 6.45) is 0. The highest BCUT2D eigenvalue weighted by Gasteiger charge is 2.04. The predicted molar refractivity (Wildman–Crippen MR) is 60.7 cm³/mol. The summed E-state index contributed by atoms with van der Waals surface area (Å²) in [5.41, 5.74) is 0. The summed E-state index contributed by atoms with van der Waals surface area (Å²) in [4.78, 5) is 0. The zero-order valence-corrected chi connectivity index (χ0v) is 11.2. The lowest BCUT2D eigenvalue weighted by molar-refractivity contribution is 0.340. The van der Waals surface area contributed by atoms with Crippen LogP contribution in [0.2, 0.25) is 0 Å². The van der Waals surface area contributed by atoms with Gasteiger partial charge in [-0.05, 0) is 66.8 Å². The van der Waals surface area contributed by atoms with Crippen molar-refractivity contribution in [1.82, 2.24) is 0 Å². The average Bonchev–Trinajstić information content (AvgIpc) is 2.01. The monoisotopic (exact) mass is 356 g/mol. The molecule has 0 unspecified atom stereocenters. The van der Waals surface area contributed by atoms with E-state index in [2.05, 4.69) is 47.8 Å². The maximum absolute atomic E-state index is 5.34. The Morgan fingerprint density at radius 1 is 1.17 bits per heavy atom. The molecule has 1 aromatic rings. The first-order valence-corrected chi connectivity index (χ1v) is 5.80. The minimum absolute atomic E-state index is 0.681. The summed E-state index contributed by atoms with van der Waals surface area (Å²) < 4.78 is 8.32. The highest BCUT2D eigenvalue weighted by molar-refractivity contribution is 9.14. The van der Waals surface area contributed by atoms with Crippen LogP contribution in [-0.4, -0.2) is 6.61 Å². The maximum atomic E-state index is 5.34. The lowest BCUT2D eigenvalue weighted by Crippen LogP contribution is -1.91. The third kappa shape index (κ3) is 2.47. The molecule has 1 aromatic carbocycles. The number of ether oxygens (including phenoxy) is 1. The molecular formula is C8H7Br3O. The molecule has 0 atom stereocenters. The van der Waals surface area contributed by atoms with Gasteiger partial charge in [-0.3, -0.25) is 0 Å². The van der Waals surface area contributed by atoms with Crippen LogP contribution < -0.4 is 4.74 Å². The zero-order chi connectivity index (χ0) is 9.14. The van der Waals surface area contributed by atoms with Crippen LogP contribution in [-0.2, 0) is 0 Å². The Kier molecular flexibility index (Phi) is 4.06. The van der Waals surface area contributed by atoms with Gasteiger partial charge in [-0.25, -0.2) is 0 Å². The third-order valence-corrected chi connectivity index (χ3v) is 4.44. The lowest BCUT2D eigenvalue weighted by atomic mass is 10.3. The Balaban J connectivity index is 3.04. The number of rotatable bonds is 2. The van der Waals surface area contributed by atoms with Crippen LogP contribution >= 0.6 is 47.8 Å². The van der Waals surface area contributed by atoms with Gasteiger partial charge in [0.1, 0.15) is 5.75 Å². The van der Waals surface area contributed by atoms with E-state index in [1.165, 1.54) is 0 Å². The quantitative estimate of drug-likeness (QED) is 0.713. The second kappa shape index (κ2) is 4.63. The summed E-state index contributed by atoms with van der Waals surface area (Å²) in [6.45, 7) is 2.64. The van der Waals surface area contributed by atoms with E-state index in [1.807, 2.05) is 19.1 Å². The number of halogens is 3. The molecule has 0 aliphatic heterocycles. The summed E-state index contributed by atoms with van der Waals surface area (Å²) in [6, 6.07) is 3.86. The molecule has 0 aromatic heterocycles. The molecule has 66 valence electrons. The van der Waals surface area contributed by atoms with Crippen LogP contribution in [0.3, 0.4) is 0 Å². The highest BCUT2D eigenvalue weighted by Crippen LogP contribution is 2.34. The molecule has 0 aliphatic rings. The Labute approximate surface area is 96.9 Å². The SMILES string of the molecule is CCOc1cc(Br)c(Br)c(Br)c1. The Bertz CT molecular complexity index is 263. The second-order valence-electron chi connectivity index (χ2n) is 2.13. The summed E-state index contributed by atoms with van der Waals surface area (Å²) in [5.74, 6) is 0.861. The molecule has 0 radical (unpaired) electrons. The van der Waals surface area contributed by atoms with Crippen molar-refractivity contribution in [3.05, 3.63) is 25.6 Å². The van der Waals surface area contributed by atoms with Gasteiger partial charge in [-0.1, -0.05) is 0 Å². The Morgan fingerprint density at radius 2 is 1.67 bits per heavy atom. The van der Waals surface area contributed by atoms with Crippen molar-refractivity contribution in [3.63, 3.8) is 0 Å². The number of hydrogen-bond donors (Lipinski definition) is 0. The molecule has 12 heavy (non-hydrogen) atoms. The van der Waals surface area contributed by atoms with E-state index in [4.69, 9.17) is 4.74 Å². The van der Waals surface area contributed by atoms with Crippen molar-refractivity contribution in [2.45, 2.75) is 6.92 Å². The van der Waals surface area contributed by atoms with E-state index in [9.17, 15) is 0 Å². The predicted octanol–water partition coefficient (Wildman–Crippen LogP) is 4.37. The molecule has 0 heterocycles. The molecule has 1 nitrogen and oxygen atoms in total. The number of hydrogen-bond acceptors (Lipinski definition) is 1. The second-order valence-corrected chi connectivity index (χ2v) is 4.64. The zero-order valence-electron chi connectivity index (χ0n) is 6.40. The third-order valence-electron chi connectivity index (χ3n) is 1.27. The van der Waals surface area contributed by atoms with Gasteiger partial charge in [0.25, 0.3) is 0 Å². The standard InChI is InChI=1S/C8H7Br3O/c1-2-12-5-3-6(9)8(11)7(10)4-5/h3-4H,2H2,1H3. The average molecular weight is 359 g/mol.